The van der Waals surface area contributed by atoms with E-state index in [1.54, 1.807) is 17.9 Å². The summed E-state index contributed by atoms with van der Waals surface area (Å²) >= 11 is 0. The summed E-state index contributed by atoms with van der Waals surface area (Å²) in [5.74, 6) is -0.364. The number of carbonyl (C=O) groups excluding carboxylic acids is 2. The first-order chi connectivity index (χ1) is 9.81. The van der Waals surface area contributed by atoms with Crippen LogP contribution in [0.15, 0.2) is 12.2 Å². The van der Waals surface area contributed by atoms with Crippen LogP contribution in [-0.4, -0.2) is 55.0 Å². The minimum Gasteiger partial charge on any atom is -0.463 e. The molecular formula is C15H25NO5. The van der Waals surface area contributed by atoms with Gasteiger partial charge in [0.1, 0.15) is 5.60 Å². The van der Waals surface area contributed by atoms with Crippen molar-refractivity contribution in [2.75, 3.05) is 26.3 Å². The highest BCUT2D eigenvalue weighted by atomic mass is 16.6. The molecule has 1 fully saturated rings. The predicted octanol–water partition coefficient (Wildman–Crippen LogP) is 2.13. The molecule has 1 rings (SSSR count). The summed E-state index contributed by atoms with van der Waals surface area (Å²) in [5.41, 5.74) is -0.505. The second-order valence-electron chi connectivity index (χ2n) is 5.81. The van der Waals surface area contributed by atoms with E-state index >= 15 is 0 Å². The number of carbonyl (C=O) groups is 2. The highest BCUT2D eigenvalue weighted by Crippen LogP contribution is 2.14. The zero-order valence-electron chi connectivity index (χ0n) is 13.3. The van der Waals surface area contributed by atoms with Crippen LogP contribution in [0.4, 0.5) is 4.79 Å². The minimum atomic E-state index is -0.505. The second kappa shape index (κ2) is 8.02. The third kappa shape index (κ3) is 7.13. The number of hydrogen-bond donors (Lipinski definition) is 0. The summed E-state index contributed by atoms with van der Waals surface area (Å²) in [6, 6.07) is 0. The molecular weight excluding hydrogens is 274 g/mol. The Morgan fingerprint density at radius 2 is 2.10 bits per heavy atom. The first-order valence-corrected chi connectivity index (χ1v) is 7.24. The molecule has 0 aromatic carbocycles. The van der Waals surface area contributed by atoms with E-state index in [9.17, 15) is 9.59 Å². The molecule has 120 valence electrons. The third-order valence-electron chi connectivity index (χ3n) is 2.73. The van der Waals surface area contributed by atoms with Crippen molar-refractivity contribution in [3.63, 3.8) is 0 Å². The van der Waals surface area contributed by atoms with Crippen LogP contribution in [0.3, 0.4) is 0 Å². The SMILES string of the molecule is CCOC(=O)/C=C/CC1CN(C(=O)OC(C)(C)C)CCO1. The molecule has 0 radical (unpaired) electrons. The van der Waals surface area contributed by atoms with Gasteiger partial charge in [0.15, 0.2) is 0 Å². The molecule has 1 amide bonds. The fraction of sp³-hybridized carbons (Fsp3) is 0.733. The van der Waals surface area contributed by atoms with E-state index in [2.05, 4.69) is 0 Å². The van der Waals surface area contributed by atoms with Gasteiger partial charge in [-0.3, -0.25) is 0 Å². The highest BCUT2D eigenvalue weighted by molar-refractivity contribution is 5.81. The largest absolute Gasteiger partial charge is 0.463 e. The molecule has 1 atom stereocenters. The van der Waals surface area contributed by atoms with E-state index in [1.165, 1.54) is 6.08 Å². The number of hydrogen-bond acceptors (Lipinski definition) is 5. The van der Waals surface area contributed by atoms with Gasteiger partial charge < -0.3 is 19.1 Å². The van der Waals surface area contributed by atoms with Gasteiger partial charge in [0.2, 0.25) is 0 Å². The summed E-state index contributed by atoms with van der Waals surface area (Å²) in [6.07, 6.45) is 3.20. The quantitative estimate of drug-likeness (QED) is 0.588. The Balaban J connectivity index is 2.42. The lowest BCUT2D eigenvalue weighted by molar-refractivity contribution is -0.137. The van der Waals surface area contributed by atoms with Crippen LogP contribution in [-0.2, 0) is 19.0 Å². The van der Waals surface area contributed by atoms with Gasteiger partial charge in [-0.05, 0) is 34.1 Å². The maximum Gasteiger partial charge on any atom is 0.410 e. The normalized spacial score (nSPS) is 19.6. The summed E-state index contributed by atoms with van der Waals surface area (Å²) in [6.45, 7) is 9.08. The van der Waals surface area contributed by atoms with Gasteiger partial charge in [0, 0.05) is 12.6 Å². The molecule has 0 aromatic rings. The molecule has 1 saturated heterocycles. The van der Waals surface area contributed by atoms with Crippen LogP contribution in [0.1, 0.15) is 34.1 Å². The van der Waals surface area contributed by atoms with E-state index in [-0.39, 0.29) is 18.2 Å². The summed E-state index contributed by atoms with van der Waals surface area (Å²) in [7, 11) is 0. The molecule has 0 aliphatic carbocycles. The van der Waals surface area contributed by atoms with Crippen molar-refractivity contribution in [2.45, 2.75) is 45.8 Å². The Labute approximate surface area is 126 Å². The van der Waals surface area contributed by atoms with Crippen LogP contribution in [0.25, 0.3) is 0 Å². The third-order valence-corrected chi connectivity index (χ3v) is 2.73. The maximum atomic E-state index is 12.0. The van der Waals surface area contributed by atoms with Gasteiger partial charge in [0.05, 0.1) is 25.9 Å². The van der Waals surface area contributed by atoms with Crippen molar-refractivity contribution in [3.8, 4) is 0 Å². The summed E-state index contributed by atoms with van der Waals surface area (Å²) in [4.78, 5) is 24.8. The molecule has 1 aliphatic heterocycles. The van der Waals surface area contributed by atoms with Gasteiger partial charge in [-0.25, -0.2) is 9.59 Å². The van der Waals surface area contributed by atoms with Crippen molar-refractivity contribution in [3.05, 3.63) is 12.2 Å². The number of amides is 1. The van der Waals surface area contributed by atoms with Gasteiger partial charge in [0.25, 0.3) is 0 Å². The molecule has 0 bridgehead atoms. The van der Waals surface area contributed by atoms with E-state index in [1.807, 2.05) is 20.8 Å². The van der Waals surface area contributed by atoms with Crippen LogP contribution in [0.5, 0.6) is 0 Å². The number of nitrogens with zero attached hydrogens (tertiary/aromatic N) is 1. The maximum absolute atomic E-state index is 12.0. The highest BCUT2D eigenvalue weighted by Gasteiger charge is 2.27. The molecule has 1 unspecified atom stereocenters. The van der Waals surface area contributed by atoms with Crippen molar-refractivity contribution in [2.24, 2.45) is 0 Å². The molecule has 0 aromatic heterocycles. The predicted molar refractivity (Wildman–Crippen MR) is 77.9 cm³/mol. The molecule has 0 N–H and O–H groups in total. The van der Waals surface area contributed by atoms with Crippen LogP contribution < -0.4 is 0 Å². The van der Waals surface area contributed by atoms with Crippen molar-refractivity contribution in [1.82, 2.24) is 4.90 Å². The lowest BCUT2D eigenvalue weighted by Crippen LogP contribution is -2.47. The van der Waals surface area contributed by atoms with Gasteiger partial charge in [-0.1, -0.05) is 6.08 Å². The zero-order valence-corrected chi connectivity index (χ0v) is 13.3. The lowest BCUT2D eigenvalue weighted by atomic mass is 10.2. The Kier molecular flexibility index (Phi) is 6.68. The number of esters is 1. The Morgan fingerprint density at radius 1 is 1.38 bits per heavy atom. The monoisotopic (exact) mass is 299 g/mol. The second-order valence-corrected chi connectivity index (χ2v) is 5.81. The lowest BCUT2D eigenvalue weighted by Gasteiger charge is -2.33. The Morgan fingerprint density at radius 3 is 2.71 bits per heavy atom. The number of ether oxygens (including phenoxy) is 3. The van der Waals surface area contributed by atoms with Crippen LogP contribution in [0.2, 0.25) is 0 Å². The van der Waals surface area contributed by atoms with Crippen LogP contribution >= 0.6 is 0 Å². The van der Waals surface area contributed by atoms with Crippen molar-refractivity contribution in [1.29, 1.82) is 0 Å². The van der Waals surface area contributed by atoms with E-state index < -0.39 is 5.60 Å². The molecule has 1 heterocycles. The standard InChI is InChI=1S/C15H25NO5/c1-5-19-13(17)8-6-7-12-11-16(9-10-20-12)14(18)21-15(2,3)4/h6,8,12H,5,7,9-11H2,1-4H3/b8-6+. The number of morpholine rings is 1. The van der Waals surface area contributed by atoms with Gasteiger partial charge in [-0.15, -0.1) is 0 Å². The topological polar surface area (TPSA) is 65.1 Å². The Bertz CT molecular complexity index is 386. The first kappa shape index (κ1) is 17.5. The summed E-state index contributed by atoms with van der Waals surface area (Å²) < 4.78 is 15.7. The molecule has 21 heavy (non-hydrogen) atoms. The molecule has 0 spiro atoms. The van der Waals surface area contributed by atoms with E-state index in [4.69, 9.17) is 14.2 Å². The molecule has 1 aliphatic rings. The fourth-order valence-corrected chi connectivity index (χ4v) is 1.86. The average Bonchev–Trinajstić information content (AvgIpc) is 2.37. The van der Waals surface area contributed by atoms with Crippen molar-refractivity contribution < 1.29 is 23.8 Å². The molecule has 6 heteroatoms. The van der Waals surface area contributed by atoms with Gasteiger partial charge >= 0.3 is 12.1 Å². The Hall–Kier alpha value is -1.56. The zero-order chi connectivity index (χ0) is 15.9. The first-order valence-electron chi connectivity index (χ1n) is 7.24. The summed E-state index contributed by atoms with van der Waals surface area (Å²) in [5, 5.41) is 0. The van der Waals surface area contributed by atoms with Crippen molar-refractivity contribution >= 4 is 12.1 Å². The van der Waals surface area contributed by atoms with E-state index in [0.717, 1.165) is 0 Å². The van der Waals surface area contributed by atoms with E-state index in [0.29, 0.717) is 32.7 Å². The fourth-order valence-electron chi connectivity index (χ4n) is 1.86. The minimum absolute atomic E-state index is 0.128. The average molecular weight is 299 g/mol. The smallest absolute Gasteiger partial charge is 0.410 e. The molecule has 6 nitrogen and oxygen atoms in total. The van der Waals surface area contributed by atoms with Gasteiger partial charge in [-0.2, -0.15) is 0 Å². The number of rotatable bonds is 4. The van der Waals surface area contributed by atoms with Crippen LogP contribution in [0, 0.1) is 0 Å². The molecule has 0 saturated carbocycles.